The largest absolute Gasteiger partial charge is 0.422 e. The summed E-state index contributed by atoms with van der Waals surface area (Å²) in [6, 6.07) is 21.5. The summed E-state index contributed by atoms with van der Waals surface area (Å²) in [5.74, 6) is -0.214. The monoisotopic (exact) mass is 373 g/mol. The van der Waals surface area contributed by atoms with Gasteiger partial charge in [-0.2, -0.15) is 0 Å². The first-order chi connectivity index (χ1) is 13.1. The predicted molar refractivity (Wildman–Crippen MR) is 109 cm³/mol. The summed E-state index contributed by atoms with van der Waals surface area (Å²) in [7, 11) is 0. The molecule has 5 rings (SSSR count). The van der Waals surface area contributed by atoms with Crippen LogP contribution in [-0.4, -0.2) is 0 Å². The van der Waals surface area contributed by atoms with Gasteiger partial charge in [-0.3, -0.25) is 0 Å². The summed E-state index contributed by atoms with van der Waals surface area (Å²) in [6.45, 7) is 2.05. The third-order valence-corrected chi connectivity index (χ3v) is 5.37. The summed E-state index contributed by atoms with van der Waals surface area (Å²) in [4.78, 5) is 13.0. The Morgan fingerprint density at radius 3 is 2.59 bits per heavy atom. The van der Waals surface area contributed by atoms with Crippen LogP contribution in [0.2, 0.25) is 5.02 Å². The Morgan fingerprint density at radius 2 is 1.78 bits per heavy atom. The van der Waals surface area contributed by atoms with Crippen molar-refractivity contribution in [3.05, 3.63) is 104 Å². The lowest BCUT2D eigenvalue weighted by molar-refractivity contribution is 0.549. The molecule has 1 unspecified atom stereocenters. The number of hydrogen-bond acceptors (Lipinski definition) is 3. The summed E-state index contributed by atoms with van der Waals surface area (Å²) in [5.41, 5.74) is 5.94. The van der Waals surface area contributed by atoms with Crippen LogP contribution in [0.1, 0.15) is 28.2 Å². The van der Waals surface area contributed by atoms with Crippen LogP contribution in [0.15, 0.2) is 75.9 Å². The van der Waals surface area contributed by atoms with Gasteiger partial charge in [0.25, 0.3) is 0 Å². The molecule has 0 radical (unpaired) electrons. The summed E-state index contributed by atoms with van der Waals surface area (Å²) in [6.07, 6.45) is 0. The lowest BCUT2D eigenvalue weighted by Gasteiger charge is -2.29. The standard InChI is InChI=1S/C23H16ClNO2/c1-13-6-11-18-17(12-13)20(14-7-9-15(24)10-8-14)21-22(25-18)16-4-2-3-5-19(16)27-23(21)26/h2-12,20,25H,1H3. The summed E-state index contributed by atoms with van der Waals surface area (Å²) >= 11 is 6.09. The molecule has 0 saturated carbocycles. The molecule has 1 aliphatic rings. The van der Waals surface area contributed by atoms with Gasteiger partial charge < -0.3 is 9.73 Å². The van der Waals surface area contributed by atoms with Crippen molar-refractivity contribution in [3.8, 4) is 0 Å². The average molecular weight is 374 g/mol. The lowest BCUT2D eigenvalue weighted by atomic mass is 9.81. The maximum atomic E-state index is 13.0. The van der Waals surface area contributed by atoms with Crippen molar-refractivity contribution in [1.29, 1.82) is 0 Å². The third kappa shape index (κ3) is 2.54. The van der Waals surface area contributed by atoms with Crippen LogP contribution in [0.5, 0.6) is 0 Å². The van der Waals surface area contributed by atoms with Gasteiger partial charge in [0.05, 0.1) is 11.3 Å². The number of aryl methyl sites for hydroxylation is 1. The highest BCUT2D eigenvalue weighted by Crippen LogP contribution is 2.46. The van der Waals surface area contributed by atoms with Crippen LogP contribution in [0.4, 0.5) is 11.4 Å². The second-order valence-corrected chi connectivity index (χ2v) is 7.31. The number of anilines is 2. The van der Waals surface area contributed by atoms with E-state index in [1.54, 1.807) is 0 Å². The highest BCUT2D eigenvalue weighted by atomic mass is 35.5. The van der Waals surface area contributed by atoms with Gasteiger partial charge in [-0.15, -0.1) is 0 Å². The molecule has 27 heavy (non-hydrogen) atoms. The van der Waals surface area contributed by atoms with E-state index in [-0.39, 0.29) is 11.5 Å². The minimum atomic E-state index is -0.316. The van der Waals surface area contributed by atoms with E-state index in [2.05, 4.69) is 30.4 Å². The Kier molecular flexibility index (Phi) is 3.59. The molecule has 4 aromatic rings. The lowest BCUT2D eigenvalue weighted by Crippen LogP contribution is -2.22. The van der Waals surface area contributed by atoms with E-state index >= 15 is 0 Å². The average Bonchev–Trinajstić information content (AvgIpc) is 2.67. The number of nitrogens with one attached hydrogen (secondary N) is 1. The van der Waals surface area contributed by atoms with Crippen molar-refractivity contribution in [2.24, 2.45) is 0 Å². The van der Waals surface area contributed by atoms with Gasteiger partial charge in [0, 0.05) is 22.0 Å². The van der Waals surface area contributed by atoms with Gasteiger partial charge in [-0.1, -0.05) is 53.6 Å². The molecule has 4 heteroatoms. The molecule has 2 heterocycles. The first-order valence-corrected chi connectivity index (χ1v) is 9.18. The first-order valence-electron chi connectivity index (χ1n) is 8.80. The molecular weight excluding hydrogens is 358 g/mol. The number of fused-ring (bicyclic) bond motifs is 4. The Balaban J connectivity index is 1.87. The zero-order valence-corrected chi connectivity index (χ0v) is 15.4. The van der Waals surface area contributed by atoms with Gasteiger partial charge in [-0.05, 0) is 48.4 Å². The summed E-state index contributed by atoms with van der Waals surface area (Å²) in [5, 5.41) is 5.05. The van der Waals surface area contributed by atoms with Gasteiger partial charge in [0.2, 0.25) is 0 Å². The molecule has 0 fully saturated rings. The molecule has 3 aromatic carbocycles. The molecule has 132 valence electrons. The minimum Gasteiger partial charge on any atom is -0.422 e. The maximum absolute atomic E-state index is 13.0. The van der Waals surface area contributed by atoms with E-state index in [4.69, 9.17) is 16.0 Å². The fraction of sp³-hybridized carbons (Fsp3) is 0.0870. The van der Waals surface area contributed by atoms with Crippen molar-refractivity contribution in [2.75, 3.05) is 5.32 Å². The van der Waals surface area contributed by atoms with Gasteiger partial charge >= 0.3 is 5.63 Å². The fourth-order valence-corrected chi connectivity index (χ4v) is 4.01. The van der Waals surface area contributed by atoms with Crippen molar-refractivity contribution >= 4 is 33.9 Å². The number of para-hydroxylation sites is 1. The predicted octanol–water partition coefficient (Wildman–Crippen LogP) is 5.99. The van der Waals surface area contributed by atoms with Crippen LogP contribution >= 0.6 is 11.6 Å². The summed E-state index contributed by atoms with van der Waals surface area (Å²) < 4.78 is 5.66. The fourth-order valence-electron chi connectivity index (χ4n) is 3.89. The highest BCUT2D eigenvalue weighted by molar-refractivity contribution is 6.30. The van der Waals surface area contributed by atoms with Gasteiger partial charge in [-0.25, -0.2) is 4.79 Å². The molecule has 1 N–H and O–H groups in total. The van der Waals surface area contributed by atoms with E-state index in [0.717, 1.165) is 33.5 Å². The van der Waals surface area contributed by atoms with Crippen LogP contribution in [0, 0.1) is 6.92 Å². The number of rotatable bonds is 1. The molecule has 0 spiro atoms. The smallest absolute Gasteiger partial charge is 0.342 e. The third-order valence-electron chi connectivity index (χ3n) is 5.12. The Bertz CT molecular complexity index is 1240. The van der Waals surface area contributed by atoms with E-state index in [1.165, 1.54) is 0 Å². The van der Waals surface area contributed by atoms with Crippen molar-refractivity contribution in [2.45, 2.75) is 12.8 Å². The maximum Gasteiger partial charge on any atom is 0.342 e. The quantitative estimate of drug-likeness (QED) is 0.367. The molecule has 0 aliphatic carbocycles. The van der Waals surface area contributed by atoms with E-state index < -0.39 is 0 Å². The zero-order valence-electron chi connectivity index (χ0n) is 14.6. The van der Waals surface area contributed by atoms with Crippen molar-refractivity contribution in [3.63, 3.8) is 0 Å². The SMILES string of the molecule is Cc1ccc2c(c1)C(c1ccc(Cl)cc1)c1c(c3ccccc3oc1=O)N2. The molecule has 1 aromatic heterocycles. The minimum absolute atomic E-state index is 0.214. The first kappa shape index (κ1) is 16.2. The molecule has 1 atom stereocenters. The van der Waals surface area contributed by atoms with Crippen LogP contribution in [-0.2, 0) is 0 Å². The molecule has 1 aliphatic heterocycles. The normalized spacial score (nSPS) is 15.1. The molecule has 0 bridgehead atoms. The van der Waals surface area contributed by atoms with E-state index in [9.17, 15) is 4.79 Å². The number of hydrogen-bond donors (Lipinski definition) is 1. The Hall–Kier alpha value is -3.04. The number of benzene rings is 3. The second kappa shape index (κ2) is 6.00. The Morgan fingerprint density at radius 1 is 1.00 bits per heavy atom. The highest BCUT2D eigenvalue weighted by Gasteiger charge is 2.32. The Labute approximate surface area is 161 Å². The van der Waals surface area contributed by atoms with Crippen LogP contribution < -0.4 is 10.9 Å². The molecule has 0 saturated heterocycles. The zero-order chi connectivity index (χ0) is 18.5. The second-order valence-electron chi connectivity index (χ2n) is 6.87. The van der Waals surface area contributed by atoms with Crippen LogP contribution in [0.25, 0.3) is 11.0 Å². The van der Waals surface area contributed by atoms with E-state index in [0.29, 0.717) is 16.2 Å². The van der Waals surface area contributed by atoms with Gasteiger partial charge in [0.1, 0.15) is 5.58 Å². The molecule has 3 nitrogen and oxygen atoms in total. The number of halogens is 1. The van der Waals surface area contributed by atoms with Crippen molar-refractivity contribution in [1.82, 2.24) is 0 Å². The molecular formula is C23H16ClNO2. The van der Waals surface area contributed by atoms with E-state index in [1.807, 2.05) is 48.5 Å². The van der Waals surface area contributed by atoms with Crippen LogP contribution in [0.3, 0.4) is 0 Å². The van der Waals surface area contributed by atoms with Gasteiger partial charge in [0.15, 0.2) is 0 Å². The topological polar surface area (TPSA) is 42.2 Å². The van der Waals surface area contributed by atoms with Crippen molar-refractivity contribution < 1.29 is 4.42 Å². The molecule has 0 amide bonds.